The van der Waals surface area contributed by atoms with Gasteiger partial charge in [-0.1, -0.05) is 41.5 Å². The van der Waals surface area contributed by atoms with Crippen molar-refractivity contribution in [1.29, 1.82) is 0 Å². The quantitative estimate of drug-likeness (QED) is 0.666. The minimum atomic E-state index is 0.0972. The van der Waals surface area contributed by atoms with Gasteiger partial charge in [0.1, 0.15) is 6.61 Å². The Morgan fingerprint density at radius 1 is 1.29 bits per heavy atom. The lowest BCUT2D eigenvalue weighted by molar-refractivity contribution is 0.220. The van der Waals surface area contributed by atoms with Crippen molar-refractivity contribution in [1.82, 2.24) is 0 Å². The van der Waals surface area contributed by atoms with Gasteiger partial charge in [-0.25, -0.2) is 4.99 Å². The van der Waals surface area contributed by atoms with Gasteiger partial charge in [-0.2, -0.15) is 0 Å². The Morgan fingerprint density at radius 3 is 2.21 bits per heavy atom. The van der Waals surface area contributed by atoms with Crippen molar-refractivity contribution in [3.63, 3.8) is 0 Å². The van der Waals surface area contributed by atoms with Gasteiger partial charge >= 0.3 is 0 Å². The van der Waals surface area contributed by atoms with E-state index in [9.17, 15) is 0 Å². The average molecular weight is 197 g/mol. The van der Waals surface area contributed by atoms with E-state index in [1.54, 1.807) is 0 Å². The summed E-state index contributed by atoms with van der Waals surface area (Å²) in [5.41, 5.74) is 0.311. The van der Waals surface area contributed by atoms with Gasteiger partial charge in [-0.05, 0) is 11.8 Å². The molecule has 2 heteroatoms. The predicted molar refractivity (Wildman–Crippen MR) is 60.7 cm³/mol. The van der Waals surface area contributed by atoms with Crippen LogP contribution < -0.4 is 0 Å². The van der Waals surface area contributed by atoms with Crippen LogP contribution in [-0.2, 0) is 4.74 Å². The Hall–Kier alpha value is -0.530. The Morgan fingerprint density at radius 2 is 1.86 bits per heavy atom. The molecule has 2 nitrogen and oxygen atoms in total. The first-order valence-electron chi connectivity index (χ1n) is 5.48. The molecule has 0 fully saturated rings. The summed E-state index contributed by atoms with van der Waals surface area (Å²) in [6, 6.07) is 0.323. The fourth-order valence-corrected chi connectivity index (χ4v) is 1.34. The van der Waals surface area contributed by atoms with Gasteiger partial charge in [0.05, 0.1) is 6.04 Å². The first-order chi connectivity index (χ1) is 6.27. The molecule has 82 valence electrons. The summed E-state index contributed by atoms with van der Waals surface area (Å²) in [4.78, 5) is 4.70. The van der Waals surface area contributed by atoms with E-state index >= 15 is 0 Å². The molecule has 1 atom stereocenters. The maximum Gasteiger partial charge on any atom is 0.189 e. The highest BCUT2D eigenvalue weighted by molar-refractivity contribution is 5.83. The normalized spacial score (nSPS) is 23.3. The number of ether oxygens (including phenoxy) is 1. The molecule has 0 saturated heterocycles. The van der Waals surface area contributed by atoms with Gasteiger partial charge in [-0.15, -0.1) is 0 Å². The molecule has 1 aliphatic heterocycles. The molecule has 0 aromatic rings. The van der Waals surface area contributed by atoms with Crippen LogP contribution >= 0.6 is 0 Å². The van der Waals surface area contributed by atoms with Crippen LogP contribution in [-0.4, -0.2) is 18.5 Å². The predicted octanol–water partition coefficient (Wildman–Crippen LogP) is 3.27. The number of nitrogens with zero attached hydrogens (tertiary/aromatic N) is 1. The van der Waals surface area contributed by atoms with Crippen molar-refractivity contribution in [2.75, 3.05) is 6.61 Å². The summed E-state index contributed by atoms with van der Waals surface area (Å²) >= 11 is 0. The molecule has 1 aliphatic rings. The lowest BCUT2D eigenvalue weighted by atomic mass is 9.87. The Labute approximate surface area is 87.8 Å². The molecule has 0 amide bonds. The van der Waals surface area contributed by atoms with E-state index in [0.29, 0.717) is 6.04 Å². The van der Waals surface area contributed by atoms with Crippen molar-refractivity contribution in [2.24, 2.45) is 15.8 Å². The summed E-state index contributed by atoms with van der Waals surface area (Å²) in [5.74, 6) is 0.944. The van der Waals surface area contributed by atoms with E-state index in [4.69, 9.17) is 9.73 Å². The molecular weight excluding hydrogens is 174 g/mol. The Kier molecular flexibility index (Phi) is 2.93. The van der Waals surface area contributed by atoms with Crippen molar-refractivity contribution >= 4 is 5.90 Å². The van der Waals surface area contributed by atoms with Crippen molar-refractivity contribution in [3.8, 4) is 0 Å². The molecule has 0 aromatic carbocycles. The average Bonchev–Trinajstić information content (AvgIpc) is 2.51. The maximum absolute atomic E-state index is 5.70. The second kappa shape index (κ2) is 3.56. The highest BCUT2D eigenvalue weighted by Gasteiger charge is 2.35. The van der Waals surface area contributed by atoms with Crippen molar-refractivity contribution in [3.05, 3.63) is 0 Å². The van der Waals surface area contributed by atoms with Gasteiger partial charge in [0.2, 0.25) is 0 Å². The van der Waals surface area contributed by atoms with Crippen LogP contribution in [0.25, 0.3) is 0 Å². The number of rotatable bonds is 2. The molecule has 0 bridgehead atoms. The SMILES string of the molecule is CCC(C)(C)C1=N[C@@H](C(C)(C)C)CO1. The number of aliphatic imine (C=N–C) groups is 1. The summed E-state index contributed by atoms with van der Waals surface area (Å²) in [7, 11) is 0. The maximum atomic E-state index is 5.70. The molecule has 0 spiro atoms. The smallest absolute Gasteiger partial charge is 0.189 e. The fraction of sp³-hybridized carbons (Fsp3) is 0.917. The van der Waals surface area contributed by atoms with Crippen molar-refractivity contribution < 1.29 is 4.74 Å². The minimum absolute atomic E-state index is 0.0972. The Bertz CT molecular complexity index is 235. The van der Waals surface area contributed by atoms with Gasteiger partial charge in [0, 0.05) is 5.41 Å². The van der Waals surface area contributed by atoms with Crippen LogP contribution in [0.5, 0.6) is 0 Å². The molecular formula is C12H23NO. The zero-order valence-corrected chi connectivity index (χ0v) is 10.3. The third-order valence-corrected chi connectivity index (χ3v) is 3.11. The van der Waals surface area contributed by atoms with E-state index in [-0.39, 0.29) is 10.8 Å². The first kappa shape index (κ1) is 11.5. The van der Waals surface area contributed by atoms with E-state index in [2.05, 4.69) is 41.5 Å². The van der Waals surface area contributed by atoms with Crippen LogP contribution in [0.1, 0.15) is 48.0 Å². The van der Waals surface area contributed by atoms with Crippen LogP contribution in [0.15, 0.2) is 4.99 Å². The summed E-state index contributed by atoms with van der Waals surface area (Å²) < 4.78 is 5.70. The molecule has 0 saturated carbocycles. The van der Waals surface area contributed by atoms with Gasteiger partial charge in [-0.3, -0.25) is 0 Å². The zero-order valence-electron chi connectivity index (χ0n) is 10.3. The molecule has 1 rings (SSSR count). The molecule has 0 aliphatic carbocycles. The van der Waals surface area contributed by atoms with Crippen LogP contribution in [0, 0.1) is 10.8 Å². The van der Waals surface area contributed by atoms with Gasteiger partial charge < -0.3 is 4.74 Å². The van der Waals surface area contributed by atoms with Gasteiger partial charge in [0.15, 0.2) is 5.90 Å². The third kappa shape index (κ3) is 2.28. The molecule has 1 heterocycles. The third-order valence-electron chi connectivity index (χ3n) is 3.11. The van der Waals surface area contributed by atoms with Gasteiger partial charge in [0.25, 0.3) is 0 Å². The highest BCUT2D eigenvalue weighted by atomic mass is 16.5. The number of hydrogen-bond acceptors (Lipinski definition) is 2. The largest absolute Gasteiger partial charge is 0.478 e. The van der Waals surface area contributed by atoms with Crippen LogP contribution in [0.4, 0.5) is 0 Å². The fourth-order valence-electron chi connectivity index (χ4n) is 1.34. The van der Waals surface area contributed by atoms with E-state index in [0.717, 1.165) is 18.9 Å². The summed E-state index contributed by atoms with van der Waals surface area (Å²) in [6.07, 6.45) is 1.07. The summed E-state index contributed by atoms with van der Waals surface area (Å²) in [6.45, 7) is 14.0. The highest BCUT2D eigenvalue weighted by Crippen LogP contribution is 2.32. The lowest BCUT2D eigenvalue weighted by Gasteiger charge is -2.22. The molecule has 0 N–H and O–H groups in total. The Balaban J connectivity index is 2.78. The monoisotopic (exact) mass is 197 g/mol. The molecule has 0 aromatic heterocycles. The molecule has 14 heavy (non-hydrogen) atoms. The van der Waals surface area contributed by atoms with E-state index in [1.807, 2.05) is 0 Å². The summed E-state index contributed by atoms with van der Waals surface area (Å²) in [5, 5.41) is 0. The standard InChI is InChI=1S/C12H23NO/c1-7-12(5,6)10-13-9(8-14-10)11(2,3)4/h9H,7-8H2,1-6H3/t9-/m1/s1. The van der Waals surface area contributed by atoms with E-state index in [1.165, 1.54) is 0 Å². The minimum Gasteiger partial charge on any atom is -0.478 e. The first-order valence-corrected chi connectivity index (χ1v) is 5.48. The van der Waals surface area contributed by atoms with Crippen LogP contribution in [0.3, 0.4) is 0 Å². The van der Waals surface area contributed by atoms with E-state index < -0.39 is 0 Å². The second-order valence-electron chi connectivity index (χ2n) is 5.86. The van der Waals surface area contributed by atoms with Crippen molar-refractivity contribution in [2.45, 2.75) is 54.0 Å². The molecule has 0 radical (unpaired) electrons. The second-order valence-corrected chi connectivity index (χ2v) is 5.86. The number of hydrogen-bond donors (Lipinski definition) is 0. The topological polar surface area (TPSA) is 21.6 Å². The lowest BCUT2D eigenvalue weighted by Crippen LogP contribution is -2.25. The molecule has 0 unspecified atom stereocenters. The zero-order chi connectivity index (χ0) is 11.0. The van der Waals surface area contributed by atoms with Crippen LogP contribution in [0.2, 0.25) is 0 Å².